The number of amides is 1. The monoisotopic (exact) mass is 379 g/mol. The molecule has 1 atom stereocenters. The van der Waals surface area contributed by atoms with Crippen LogP contribution in [0.5, 0.6) is 0 Å². The molecule has 0 aliphatic heterocycles. The number of rotatable bonds is 7. The summed E-state index contributed by atoms with van der Waals surface area (Å²) in [4.78, 5) is 24.5. The summed E-state index contributed by atoms with van der Waals surface area (Å²) in [5.41, 5.74) is 2.62. The summed E-state index contributed by atoms with van der Waals surface area (Å²) >= 11 is 0. The Hall–Kier alpha value is -3.45. The van der Waals surface area contributed by atoms with E-state index >= 15 is 0 Å². The Labute approximate surface area is 162 Å². The number of hydrogen-bond acceptors (Lipinski definition) is 5. The van der Waals surface area contributed by atoms with Crippen LogP contribution in [0.1, 0.15) is 15.9 Å². The van der Waals surface area contributed by atoms with Gasteiger partial charge in [-0.2, -0.15) is 5.10 Å². The quantitative estimate of drug-likeness (QED) is 0.611. The minimum absolute atomic E-state index is 0.310. The molecule has 2 N–H and O–H groups in total. The van der Waals surface area contributed by atoms with Crippen molar-refractivity contribution in [3.8, 4) is 11.3 Å². The van der Waals surface area contributed by atoms with Gasteiger partial charge in [0.05, 0.1) is 25.8 Å². The summed E-state index contributed by atoms with van der Waals surface area (Å²) in [5.74, 6) is -1.23. The first-order valence-electron chi connectivity index (χ1n) is 8.78. The number of nitrogens with one attached hydrogen (secondary N) is 1. The average molecular weight is 379 g/mol. The number of esters is 1. The SMILES string of the molecule is COC(=O)[C@H](CO)NC(=O)c1cn(Cc2ccccc2)nc1-c1ccccc1. The summed E-state index contributed by atoms with van der Waals surface area (Å²) in [6, 6.07) is 17.9. The van der Waals surface area contributed by atoms with Crippen molar-refractivity contribution in [1.29, 1.82) is 0 Å². The van der Waals surface area contributed by atoms with Gasteiger partial charge < -0.3 is 15.2 Å². The summed E-state index contributed by atoms with van der Waals surface area (Å²) in [5, 5.41) is 16.4. The first-order chi connectivity index (χ1) is 13.6. The molecule has 0 spiro atoms. The molecule has 0 aliphatic rings. The number of carbonyl (C=O) groups is 2. The summed E-state index contributed by atoms with van der Waals surface area (Å²) in [6.07, 6.45) is 1.64. The molecule has 7 nitrogen and oxygen atoms in total. The van der Waals surface area contributed by atoms with Gasteiger partial charge in [0.1, 0.15) is 5.69 Å². The van der Waals surface area contributed by atoms with Crippen LogP contribution in [0.25, 0.3) is 11.3 Å². The molecule has 0 radical (unpaired) electrons. The second-order valence-electron chi connectivity index (χ2n) is 6.17. The number of methoxy groups -OCH3 is 1. The third-order valence-electron chi connectivity index (χ3n) is 4.21. The van der Waals surface area contributed by atoms with E-state index in [1.165, 1.54) is 7.11 Å². The molecule has 144 valence electrons. The van der Waals surface area contributed by atoms with Gasteiger partial charge in [-0.25, -0.2) is 4.79 Å². The van der Waals surface area contributed by atoms with Crippen molar-refractivity contribution >= 4 is 11.9 Å². The zero-order valence-corrected chi connectivity index (χ0v) is 15.4. The van der Waals surface area contributed by atoms with Crippen LogP contribution in [-0.2, 0) is 16.1 Å². The van der Waals surface area contributed by atoms with E-state index in [0.29, 0.717) is 17.8 Å². The molecule has 1 aromatic heterocycles. The molecule has 0 aliphatic carbocycles. The highest BCUT2D eigenvalue weighted by molar-refractivity contribution is 6.01. The van der Waals surface area contributed by atoms with Crippen LogP contribution in [0.15, 0.2) is 66.9 Å². The van der Waals surface area contributed by atoms with Crippen LogP contribution in [0, 0.1) is 0 Å². The van der Waals surface area contributed by atoms with Gasteiger partial charge in [-0.15, -0.1) is 0 Å². The minimum atomic E-state index is -1.14. The highest BCUT2D eigenvalue weighted by Gasteiger charge is 2.24. The Balaban J connectivity index is 1.93. The molecule has 3 aromatic rings. The van der Waals surface area contributed by atoms with Crippen LogP contribution in [0.4, 0.5) is 0 Å². The lowest BCUT2D eigenvalue weighted by atomic mass is 10.1. The van der Waals surface area contributed by atoms with E-state index in [9.17, 15) is 14.7 Å². The van der Waals surface area contributed by atoms with Gasteiger partial charge in [0.2, 0.25) is 0 Å². The molecule has 3 rings (SSSR count). The van der Waals surface area contributed by atoms with Gasteiger partial charge >= 0.3 is 5.97 Å². The molecular weight excluding hydrogens is 358 g/mol. The molecule has 1 amide bonds. The molecular formula is C21H21N3O4. The van der Waals surface area contributed by atoms with Crippen LogP contribution in [0.2, 0.25) is 0 Å². The fraction of sp³-hybridized carbons (Fsp3) is 0.190. The van der Waals surface area contributed by atoms with Crippen molar-refractivity contribution in [2.24, 2.45) is 0 Å². The maximum atomic E-state index is 12.8. The predicted octanol–water partition coefficient (Wildman–Crippen LogP) is 1.86. The molecule has 0 saturated carbocycles. The smallest absolute Gasteiger partial charge is 0.330 e. The van der Waals surface area contributed by atoms with Crippen molar-refractivity contribution < 1.29 is 19.4 Å². The fourth-order valence-corrected chi connectivity index (χ4v) is 2.81. The number of nitrogens with zero attached hydrogens (tertiary/aromatic N) is 2. The lowest BCUT2D eigenvalue weighted by Gasteiger charge is -2.13. The average Bonchev–Trinajstić information content (AvgIpc) is 3.16. The van der Waals surface area contributed by atoms with Gasteiger partial charge in [-0.05, 0) is 5.56 Å². The van der Waals surface area contributed by atoms with E-state index in [4.69, 9.17) is 0 Å². The fourth-order valence-electron chi connectivity index (χ4n) is 2.81. The first kappa shape index (κ1) is 19.3. The predicted molar refractivity (Wildman–Crippen MR) is 104 cm³/mol. The van der Waals surface area contributed by atoms with Crippen molar-refractivity contribution in [2.75, 3.05) is 13.7 Å². The number of aliphatic hydroxyl groups excluding tert-OH is 1. The van der Waals surface area contributed by atoms with Gasteiger partial charge in [-0.3, -0.25) is 9.48 Å². The summed E-state index contributed by atoms with van der Waals surface area (Å²) in [6.45, 7) is -0.0639. The zero-order valence-electron chi connectivity index (χ0n) is 15.4. The Morgan fingerprint density at radius 1 is 1.11 bits per heavy atom. The highest BCUT2D eigenvalue weighted by atomic mass is 16.5. The molecule has 0 fully saturated rings. The van der Waals surface area contributed by atoms with Gasteiger partial charge in [0.25, 0.3) is 5.91 Å². The van der Waals surface area contributed by atoms with Crippen molar-refractivity contribution in [3.05, 3.63) is 78.0 Å². The number of ether oxygens (including phenoxy) is 1. The third kappa shape index (κ3) is 4.44. The van der Waals surface area contributed by atoms with Crippen molar-refractivity contribution in [3.63, 3.8) is 0 Å². The van der Waals surface area contributed by atoms with Crippen LogP contribution in [-0.4, -0.2) is 46.5 Å². The number of carbonyl (C=O) groups excluding carboxylic acids is 2. The summed E-state index contributed by atoms with van der Waals surface area (Å²) in [7, 11) is 1.20. The Morgan fingerprint density at radius 2 is 1.75 bits per heavy atom. The van der Waals surface area contributed by atoms with Crippen molar-refractivity contribution in [2.45, 2.75) is 12.6 Å². The molecule has 0 bridgehead atoms. The molecule has 28 heavy (non-hydrogen) atoms. The highest BCUT2D eigenvalue weighted by Crippen LogP contribution is 2.22. The minimum Gasteiger partial charge on any atom is -0.467 e. The Kier molecular flexibility index (Phi) is 6.18. The van der Waals surface area contributed by atoms with Crippen LogP contribution in [0.3, 0.4) is 0 Å². The molecule has 0 unspecified atom stereocenters. The Morgan fingerprint density at radius 3 is 2.36 bits per heavy atom. The lowest BCUT2D eigenvalue weighted by molar-refractivity contribution is -0.143. The van der Waals surface area contributed by atoms with E-state index in [-0.39, 0.29) is 0 Å². The second kappa shape index (κ2) is 8.96. The van der Waals surface area contributed by atoms with Crippen LogP contribution >= 0.6 is 0 Å². The molecule has 2 aromatic carbocycles. The standard InChI is InChI=1S/C21H21N3O4/c1-28-21(27)18(14-25)22-20(26)17-13-24(12-15-8-4-2-5-9-15)23-19(17)16-10-6-3-7-11-16/h2-11,13,18,25H,12,14H2,1H3,(H,22,26)/t18-/m0/s1. The maximum Gasteiger partial charge on any atom is 0.330 e. The van der Waals surface area contributed by atoms with E-state index in [0.717, 1.165) is 11.1 Å². The van der Waals surface area contributed by atoms with E-state index in [1.807, 2.05) is 60.7 Å². The molecule has 1 heterocycles. The van der Waals surface area contributed by atoms with E-state index in [1.54, 1.807) is 10.9 Å². The maximum absolute atomic E-state index is 12.8. The van der Waals surface area contributed by atoms with Gasteiger partial charge in [0.15, 0.2) is 6.04 Å². The number of aromatic nitrogens is 2. The second-order valence-corrected chi connectivity index (χ2v) is 6.17. The van der Waals surface area contributed by atoms with Gasteiger partial charge in [0, 0.05) is 11.8 Å². The first-order valence-corrected chi connectivity index (χ1v) is 8.78. The normalized spacial score (nSPS) is 11.6. The molecule has 7 heteroatoms. The topological polar surface area (TPSA) is 93.5 Å². The third-order valence-corrected chi connectivity index (χ3v) is 4.21. The lowest BCUT2D eigenvalue weighted by Crippen LogP contribution is -2.44. The Bertz CT molecular complexity index is 939. The number of hydrogen-bond donors (Lipinski definition) is 2. The summed E-state index contributed by atoms with van der Waals surface area (Å²) < 4.78 is 6.28. The number of aliphatic hydroxyl groups is 1. The largest absolute Gasteiger partial charge is 0.467 e. The molecule has 0 saturated heterocycles. The van der Waals surface area contributed by atoms with Crippen molar-refractivity contribution in [1.82, 2.24) is 15.1 Å². The van der Waals surface area contributed by atoms with E-state index in [2.05, 4.69) is 15.2 Å². The van der Waals surface area contributed by atoms with Gasteiger partial charge in [-0.1, -0.05) is 60.7 Å². The van der Waals surface area contributed by atoms with E-state index < -0.39 is 24.5 Å². The van der Waals surface area contributed by atoms with Crippen LogP contribution < -0.4 is 5.32 Å². The number of benzene rings is 2. The zero-order chi connectivity index (χ0) is 19.9.